The average Bonchev–Trinajstić information content (AvgIpc) is 1.82. The van der Waals surface area contributed by atoms with Crippen LogP contribution in [0.15, 0.2) is 0 Å². The molecule has 0 saturated carbocycles. The number of esters is 1. The number of carbonyl (C=O) groups is 2. The van der Waals surface area contributed by atoms with E-state index in [1.54, 1.807) is 0 Å². The standard InChI is InChI=1S/C5H8O4/c1-3(5(7)8)9-4(2)6/h3H,1-2H3,(H,7,8)/t3-/m0/s1/i1D3,3D. The van der Waals surface area contributed by atoms with Crippen LogP contribution in [0.2, 0.25) is 0 Å². The summed E-state index contributed by atoms with van der Waals surface area (Å²) in [6.07, 6.45) is -3.22. The highest BCUT2D eigenvalue weighted by molar-refractivity contribution is 5.76. The lowest BCUT2D eigenvalue weighted by Crippen LogP contribution is -2.21. The molecule has 0 unspecified atom stereocenters. The lowest BCUT2D eigenvalue weighted by atomic mass is 10.4. The maximum Gasteiger partial charge on any atom is 0.344 e. The van der Waals surface area contributed by atoms with Crippen LogP contribution in [-0.2, 0) is 14.3 Å². The van der Waals surface area contributed by atoms with Crippen LogP contribution in [0.4, 0.5) is 0 Å². The van der Waals surface area contributed by atoms with Gasteiger partial charge in [0, 0.05) is 11.0 Å². The van der Waals surface area contributed by atoms with Crippen molar-refractivity contribution in [3.05, 3.63) is 0 Å². The molecule has 0 aromatic rings. The molecule has 0 saturated heterocycles. The van der Waals surface area contributed by atoms with Crippen molar-refractivity contribution in [2.75, 3.05) is 0 Å². The van der Waals surface area contributed by atoms with E-state index in [2.05, 4.69) is 4.74 Å². The van der Waals surface area contributed by atoms with Gasteiger partial charge in [-0.1, -0.05) is 0 Å². The monoisotopic (exact) mass is 136 g/mol. The third kappa shape index (κ3) is 3.52. The number of rotatable bonds is 2. The second kappa shape index (κ2) is 3.06. The third-order valence-electron chi connectivity index (χ3n) is 0.440. The van der Waals surface area contributed by atoms with Crippen LogP contribution in [0.3, 0.4) is 0 Å². The van der Waals surface area contributed by atoms with Crippen LogP contribution in [-0.4, -0.2) is 23.1 Å². The fraction of sp³-hybridized carbons (Fsp3) is 0.600. The number of ether oxygens (including phenoxy) is 1. The summed E-state index contributed by atoms with van der Waals surface area (Å²) in [7, 11) is 0. The predicted octanol–water partition coefficient (Wildman–Crippen LogP) is 0.0226. The highest BCUT2D eigenvalue weighted by atomic mass is 16.6. The van der Waals surface area contributed by atoms with Crippen molar-refractivity contribution < 1.29 is 24.9 Å². The molecule has 1 N–H and O–H groups in total. The van der Waals surface area contributed by atoms with Gasteiger partial charge < -0.3 is 9.84 Å². The van der Waals surface area contributed by atoms with E-state index in [1.807, 2.05) is 0 Å². The van der Waals surface area contributed by atoms with E-state index in [1.165, 1.54) is 0 Å². The van der Waals surface area contributed by atoms with Crippen molar-refractivity contribution in [3.63, 3.8) is 0 Å². The largest absolute Gasteiger partial charge is 0.479 e. The Kier molecular flexibility index (Phi) is 1.09. The predicted molar refractivity (Wildman–Crippen MR) is 28.9 cm³/mol. The Labute approximate surface area is 58.0 Å². The molecule has 0 fully saturated rings. The van der Waals surface area contributed by atoms with Crippen LogP contribution in [0.25, 0.3) is 0 Å². The summed E-state index contributed by atoms with van der Waals surface area (Å²) >= 11 is 0. The SMILES string of the molecule is [2H]C([2H])([2H])[C@]([2H])(OC(C)=O)C(=O)O. The minimum absolute atomic E-state index is 0.831. The maximum atomic E-state index is 10.4. The summed E-state index contributed by atoms with van der Waals surface area (Å²) < 4.78 is 31.0. The molecule has 0 rings (SSSR count). The number of hydrogen-bond donors (Lipinski definition) is 1. The first-order chi connectivity index (χ1) is 5.61. The second-order valence-electron chi connectivity index (χ2n) is 1.23. The second-order valence-corrected chi connectivity index (χ2v) is 1.23. The third-order valence-corrected chi connectivity index (χ3v) is 0.440. The van der Waals surface area contributed by atoms with Crippen LogP contribution in [0.1, 0.15) is 19.3 Å². The zero-order valence-electron chi connectivity index (χ0n) is 8.67. The van der Waals surface area contributed by atoms with Crippen LogP contribution >= 0.6 is 0 Å². The quantitative estimate of drug-likeness (QED) is 0.543. The van der Waals surface area contributed by atoms with Gasteiger partial charge in [0.15, 0.2) is 6.08 Å². The van der Waals surface area contributed by atoms with Gasteiger partial charge in [-0.15, -0.1) is 0 Å². The summed E-state index contributed by atoms with van der Waals surface area (Å²) in [5.41, 5.74) is 0. The van der Waals surface area contributed by atoms with E-state index in [-0.39, 0.29) is 0 Å². The summed E-state index contributed by atoms with van der Waals surface area (Å²) in [6.45, 7) is -2.39. The van der Waals surface area contributed by atoms with Gasteiger partial charge in [0.2, 0.25) is 0 Å². The summed E-state index contributed by atoms with van der Waals surface area (Å²) in [5.74, 6) is -3.16. The van der Waals surface area contributed by atoms with Crippen molar-refractivity contribution in [2.45, 2.75) is 19.9 Å². The molecular weight excluding hydrogens is 124 g/mol. The lowest BCUT2D eigenvalue weighted by Gasteiger charge is -2.04. The topological polar surface area (TPSA) is 63.6 Å². The van der Waals surface area contributed by atoms with Crippen molar-refractivity contribution in [3.8, 4) is 0 Å². The Morgan fingerprint density at radius 2 is 2.44 bits per heavy atom. The number of aliphatic carboxylic acids is 1. The summed E-state index contributed by atoms with van der Waals surface area (Å²) in [4.78, 5) is 20.7. The summed E-state index contributed by atoms with van der Waals surface area (Å²) in [6, 6.07) is 0. The number of carboxylic acids is 1. The van der Waals surface area contributed by atoms with E-state index >= 15 is 0 Å². The van der Waals surface area contributed by atoms with Gasteiger partial charge in [0.05, 0.1) is 1.37 Å². The van der Waals surface area contributed by atoms with E-state index in [0.29, 0.717) is 0 Å². The Bertz CT molecular complexity index is 235. The van der Waals surface area contributed by atoms with Crippen LogP contribution < -0.4 is 0 Å². The molecule has 4 nitrogen and oxygen atoms in total. The first-order valence-electron chi connectivity index (χ1n) is 4.04. The van der Waals surface area contributed by atoms with Crippen LogP contribution in [0, 0.1) is 0 Å². The van der Waals surface area contributed by atoms with E-state index < -0.39 is 24.9 Å². The van der Waals surface area contributed by atoms with Gasteiger partial charge in [-0.05, 0) is 6.85 Å². The number of carbonyl (C=O) groups excluding carboxylic acids is 1. The van der Waals surface area contributed by atoms with Gasteiger partial charge in [0.1, 0.15) is 0 Å². The zero-order valence-corrected chi connectivity index (χ0v) is 4.67. The van der Waals surface area contributed by atoms with Gasteiger partial charge in [-0.2, -0.15) is 0 Å². The molecular formula is C5H8O4. The van der Waals surface area contributed by atoms with Gasteiger partial charge in [-0.3, -0.25) is 4.79 Å². The summed E-state index contributed by atoms with van der Waals surface area (Å²) in [5, 5.41) is 8.39. The maximum absolute atomic E-state index is 10.4. The zero-order chi connectivity index (χ0) is 10.9. The molecule has 0 spiro atoms. The Morgan fingerprint density at radius 3 is 2.56 bits per heavy atom. The first kappa shape index (κ1) is 3.20. The minimum Gasteiger partial charge on any atom is -0.479 e. The van der Waals surface area contributed by atoms with Crippen molar-refractivity contribution >= 4 is 11.9 Å². The molecule has 0 aliphatic heterocycles. The molecule has 9 heavy (non-hydrogen) atoms. The first-order valence-corrected chi connectivity index (χ1v) is 2.04. The van der Waals surface area contributed by atoms with Crippen molar-refractivity contribution in [1.29, 1.82) is 0 Å². The number of hydrogen-bond acceptors (Lipinski definition) is 3. The molecule has 0 heterocycles. The van der Waals surface area contributed by atoms with Gasteiger partial charge >= 0.3 is 11.9 Å². The molecule has 1 atom stereocenters. The Hall–Kier alpha value is -1.06. The molecule has 0 amide bonds. The minimum atomic E-state index is -3.22. The Balaban J connectivity index is 4.96. The lowest BCUT2D eigenvalue weighted by molar-refractivity contribution is -0.161. The molecule has 0 aliphatic rings. The van der Waals surface area contributed by atoms with E-state index in [9.17, 15) is 9.59 Å². The molecule has 4 heteroatoms. The smallest absolute Gasteiger partial charge is 0.344 e. The van der Waals surface area contributed by atoms with Crippen LogP contribution in [0.5, 0.6) is 0 Å². The molecule has 0 aromatic heterocycles. The molecule has 0 aliphatic carbocycles. The van der Waals surface area contributed by atoms with Gasteiger partial charge in [0.25, 0.3) is 0 Å². The normalized spacial score (nSPS) is 23.7. The average molecular weight is 136 g/mol. The number of carboxylic acid groups (broad SMARTS) is 1. The Morgan fingerprint density at radius 1 is 1.89 bits per heavy atom. The van der Waals surface area contributed by atoms with E-state index in [4.69, 9.17) is 10.6 Å². The highest BCUT2D eigenvalue weighted by Crippen LogP contribution is 1.89. The molecule has 0 aromatic carbocycles. The van der Waals surface area contributed by atoms with Crippen molar-refractivity contribution in [2.24, 2.45) is 0 Å². The van der Waals surface area contributed by atoms with E-state index in [0.717, 1.165) is 6.92 Å². The fourth-order valence-electron chi connectivity index (χ4n) is 0.187. The fourth-order valence-corrected chi connectivity index (χ4v) is 0.187. The molecule has 52 valence electrons. The van der Waals surface area contributed by atoms with Gasteiger partial charge in [-0.25, -0.2) is 4.79 Å². The van der Waals surface area contributed by atoms with Crippen molar-refractivity contribution in [1.82, 2.24) is 0 Å². The highest BCUT2D eigenvalue weighted by Gasteiger charge is 2.12. The molecule has 0 radical (unpaired) electrons. The molecule has 0 bridgehead atoms.